The molecular weight excluding hydrogens is 212 g/mol. The normalized spacial score (nSPS) is 9.88. The Balaban J connectivity index is 1.87. The van der Waals surface area contributed by atoms with E-state index in [0.29, 0.717) is 6.61 Å². The first-order chi connectivity index (χ1) is 8.38. The zero-order valence-corrected chi connectivity index (χ0v) is 9.67. The molecule has 1 aromatic heterocycles. The molecule has 1 N–H and O–H groups in total. The number of rotatable bonds is 6. The molecule has 17 heavy (non-hydrogen) atoms. The summed E-state index contributed by atoms with van der Waals surface area (Å²) in [4.78, 5) is 0. The Labute approximate surface area is 101 Å². The number of nitrogens with zero attached hydrogens (tertiary/aromatic N) is 1. The molecule has 3 heteroatoms. The van der Waals surface area contributed by atoms with Crippen LogP contribution < -0.4 is 10.2 Å². The van der Waals surface area contributed by atoms with Crippen LogP contribution in [0.25, 0.3) is 0 Å². The lowest BCUT2D eigenvalue weighted by molar-refractivity contribution is 0.363. The van der Waals surface area contributed by atoms with Crippen LogP contribution in [-0.4, -0.2) is 11.3 Å². The number of hydrogen-bond donors (Lipinski definition) is 1. The standard InChI is InChI=1S/C14H16N2O/c1-2-11-17-14-7-5-13(6-8-14)12-15-16-9-3-4-10-16/h2-10,15H,1,11-12H2. The summed E-state index contributed by atoms with van der Waals surface area (Å²) in [5.41, 5.74) is 4.48. The SMILES string of the molecule is C=CCOc1ccc(CNn2cccc2)cc1. The van der Waals surface area contributed by atoms with Crippen molar-refractivity contribution in [3.05, 3.63) is 67.0 Å². The van der Waals surface area contributed by atoms with Crippen LogP contribution in [0, 0.1) is 0 Å². The first kappa shape index (κ1) is 11.3. The lowest BCUT2D eigenvalue weighted by atomic mass is 10.2. The molecule has 0 bridgehead atoms. The lowest BCUT2D eigenvalue weighted by Crippen LogP contribution is -2.11. The van der Waals surface area contributed by atoms with Crippen molar-refractivity contribution in [3.8, 4) is 5.75 Å². The van der Waals surface area contributed by atoms with E-state index in [9.17, 15) is 0 Å². The van der Waals surface area contributed by atoms with Gasteiger partial charge in [-0.25, -0.2) is 0 Å². The van der Waals surface area contributed by atoms with Gasteiger partial charge in [-0.3, -0.25) is 4.68 Å². The van der Waals surface area contributed by atoms with Gasteiger partial charge in [0.2, 0.25) is 0 Å². The van der Waals surface area contributed by atoms with E-state index in [1.807, 2.05) is 41.3 Å². The molecule has 0 saturated heterocycles. The molecule has 2 rings (SSSR count). The highest BCUT2D eigenvalue weighted by Crippen LogP contribution is 2.12. The van der Waals surface area contributed by atoms with Gasteiger partial charge in [-0.2, -0.15) is 0 Å². The van der Waals surface area contributed by atoms with Crippen molar-refractivity contribution in [1.82, 2.24) is 4.68 Å². The van der Waals surface area contributed by atoms with E-state index in [1.165, 1.54) is 5.56 Å². The molecule has 3 nitrogen and oxygen atoms in total. The highest BCUT2D eigenvalue weighted by Gasteiger charge is 1.95. The van der Waals surface area contributed by atoms with Crippen molar-refractivity contribution >= 4 is 0 Å². The van der Waals surface area contributed by atoms with Gasteiger partial charge in [-0.15, -0.1) is 0 Å². The topological polar surface area (TPSA) is 26.2 Å². The molecule has 0 fully saturated rings. The van der Waals surface area contributed by atoms with Crippen LogP contribution in [0.1, 0.15) is 5.56 Å². The van der Waals surface area contributed by atoms with E-state index in [2.05, 4.69) is 24.1 Å². The number of benzene rings is 1. The maximum atomic E-state index is 5.42. The molecular formula is C14H16N2O. The molecule has 0 saturated carbocycles. The van der Waals surface area contributed by atoms with Crippen LogP contribution in [0.15, 0.2) is 61.4 Å². The second-order valence-corrected chi connectivity index (χ2v) is 3.67. The van der Waals surface area contributed by atoms with E-state index < -0.39 is 0 Å². The fourth-order valence-corrected chi connectivity index (χ4v) is 1.48. The van der Waals surface area contributed by atoms with Crippen molar-refractivity contribution in [2.75, 3.05) is 12.0 Å². The maximum absolute atomic E-state index is 5.42. The van der Waals surface area contributed by atoms with Gasteiger partial charge in [0.1, 0.15) is 12.4 Å². The third kappa shape index (κ3) is 3.41. The summed E-state index contributed by atoms with van der Waals surface area (Å²) < 4.78 is 7.35. The first-order valence-electron chi connectivity index (χ1n) is 5.58. The predicted octanol–water partition coefficient (Wildman–Crippen LogP) is 2.80. The molecule has 0 amide bonds. The van der Waals surface area contributed by atoms with E-state index in [1.54, 1.807) is 6.08 Å². The molecule has 0 atom stereocenters. The highest BCUT2D eigenvalue weighted by atomic mass is 16.5. The maximum Gasteiger partial charge on any atom is 0.119 e. The van der Waals surface area contributed by atoms with Crippen LogP contribution >= 0.6 is 0 Å². The molecule has 2 aromatic rings. The summed E-state index contributed by atoms with van der Waals surface area (Å²) >= 11 is 0. The highest BCUT2D eigenvalue weighted by molar-refractivity contribution is 5.27. The summed E-state index contributed by atoms with van der Waals surface area (Å²) in [6.07, 6.45) is 5.69. The van der Waals surface area contributed by atoms with Crippen LogP contribution in [0.2, 0.25) is 0 Å². The third-order valence-electron chi connectivity index (χ3n) is 2.36. The van der Waals surface area contributed by atoms with Gasteiger partial charge in [0.15, 0.2) is 0 Å². The van der Waals surface area contributed by atoms with Gasteiger partial charge >= 0.3 is 0 Å². The fraction of sp³-hybridized carbons (Fsp3) is 0.143. The second kappa shape index (κ2) is 5.80. The smallest absolute Gasteiger partial charge is 0.119 e. The molecule has 0 aliphatic rings. The number of nitrogens with one attached hydrogen (secondary N) is 1. The zero-order chi connectivity index (χ0) is 11.9. The molecule has 0 radical (unpaired) electrons. The van der Waals surface area contributed by atoms with Crippen LogP contribution in [-0.2, 0) is 6.54 Å². The van der Waals surface area contributed by atoms with E-state index in [-0.39, 0.29) is 0 Å². The van der Waals surface area contributed by atoms with E-state index in [4.69, 9.17) is 4.74 Å². The minimum atomic E-state index is 0.543. The molecule has 0 aliphatic heterocycles. The Kier molecular flexibility index (Phi) is 3.86. The Morgan fingerprint density at radius 2 is 1.88 bits per heavy atom. The fourth-order valence-electron chi connectivity index (χ4n) is 1.48. The van der Waals surface area contributed by atoms with Crippen molar-refractivity contribution in [2.24, 2.45) is 0 Å². The monoisotopic (exact) mass is 228 g/mol. The summed E-state index contributed by atoms with van der Waals surface area (Å²) in [6.45, 7) is 4.94. The molecule has 0 aliphatic carbocycles. The van der Waals surface area contributed by atoms with Gasteiger partial charge in [0, 0.05) is 12.4 Å². The lowest BCUT2D eigenvalue weighted by Gasteiger charge is -2.08. The van der Waals surface area contributed by atoms with Gasteiger partial charge in [-0.05, 0) is 29.8 Å². The molecule has 0 spiro atoms. The van der Waals surface area contributed by atoms with E-state index >= 15 is 0 Å². The van der Waals surface area contributed by atoms with Crippen molar-refractivity contribution < 1.29 is 4.74 Å². The first-order valence-corrected chi connectivity index (χ1v) is 5.58. The molecule has 1 aromatic carbocycles. The van der Waals surface area contributed by atoms with Crippen LogP contribution in [0.4, 0.5) is 0 Å². The quantitative estimate of drug-likeness (QED) is 0.769. The van der Waals surface area contributed by atoms with Gasteiger partial charge in [-0.1, -0.05) is 24.8 Å². The third-order valence-corrected chi connectivity index (χ3v) is 2.36. The Bertz CT molecular complexity index is 446. The van der Waals surface area contributed by atoms with Crippen molar-refractivity contribution in [2.45, 2.75) is 6.54 Å². The number of aromatic nitrogens is 1. The predicted molar refractivity (Wildman–Crippen MR) is 69.6 cm³/mol. The molecule has 88 valence electrons. The molecule has 1 heterocycles. The summed E-state index contributed by atoms with van der Waals surface area (Å²) in [6, 6.07) is 12.0. The molecule has 0 unspecified atom stereocenters. The van der Waals surface area contributed by atoms with E-state index in [0.717, 1.165) is 12.3 Å². The van der Waals surface area contributed by atoms with Crippen molar-refractivity contribution in [3.63, 3.8) is 0 Å². The Morgan fingerprint density at radius 3 is 2.53 bits per heavy atom. The Morgan fingerprint density at radius 1 is 1.18 bits per heavy atom. The minimum Gasteiger partial charge on any atom is -0.490 e. The average molecular weight is 228 g/mol. The zero-order valence-electron chi connectivity index (χ0n) is 9.67. The van der Waals surface area contributed by atoms with Crippen LogP contribution in [0.3, 0.4) is 0 Å². The summed E-state index contributed by atoms with van der Waals surface area (Å²) in [5, 5.41) is 0. The van der Waals surface area contributed by atoms with Gasteiger partial charge in [0.25, 0.3) is 0 Å². The number of ether oxygens (including phenoxy) is 1. The largest absolute Gasteiger partial charge is 0.490 e. The van der Waals surface area contributed by atoms with Gasteiger partial charge < -0.3 is 10.2 Å². The van der Waals surface area contributed by atoms with Crippen molar-refractivity contribution in [1.29, 1.82) is 0 Å². The minimum absolute atomic E-state index is 0.543. The average Bonchev–Trinajstić information content (AvgIpc) is 2.88. The van der Waals surface area contributed by atoms with Crippen LogP contribution in [0.5, 0.6) is 5.75 Å². The summed E-state index contributed by atoms with van der Waals surface area (Å²) in [5.74, 6) is 0.870. The Hall–Kier alpha value is -2.16. The summed E-state index contributed by atoms with van der Waals surface area (Å²) in [7, 11) is 0. The van der Waals surface area contributed by atoms with Gasteiger partial charge in [0.05, 0.1) is 6.54 Å². The second-order valence-electron chi connectivity index (χ2n) is 3.67. The number of hydrogen-bond acceptors (Lipinski definition) is 2.